The number of para-hydroxylation sites is 1. The predicted octanol–water partition coefficient (Wildman–Crippen LogP) is 5.16. The molecule has 3 N–H and O–H groups in total. The number of nitrogens with one attached hydrogen (secondary N) is 1. The first-order valence-electron chi connectivity index (χ1n) is 15.5. The standard InChI is InChI=1S/C34H40N8O2/c1-39-14-16-41(17-15-39)24-9-11-25(12-10-24)42-20-26(31-32(35)36-21-37-33(31)42)22-8-13-27(30(19-22)44-3)38-34(43)29-18-23-6-4-5-7-28(23)40(29)2/h4-8,13,18-21,24-25H,9-12,14-17H2,1-3H3,(H,38,43)(H2,35,36,37). The minimum Gasteiger partial charge on any atom is -0.495 e. The smallest absolute Gasteiger partial charge is 0.272 e. The fourth-order valence-electron chi connectivity index (χ4n) is 7.15. The molecule has 0 bridgehead atoms. The van der Waals surface area contributed by atoms with Crippen LogP contribution in [0, 0.1) is 0 Å². The molecule has 1 aliphatic carbocycles. The lowest BCUT2D eigenvalue weighted by Crippen LogP contribution is -2.49. The number of nitrogens with zero attached hydrogens (tertiary/aromatic N) is 6. The Balaban J connectivity index is 1.15. The molecule has 5 aromatic rings. The number of rotatable bonds is 6. The van der Waals surface area contributed by atoms with E-state index in [4.69, 9.17) is 15.5 Å². The Morgan fingerprint density at radius 3 is 2.45 bits per heavy atom. The largest absolute Gasteiger partial charge is 0.495 e. The highest BCUT2D eigenvalue weighted by molar-refractivity contribution is 6.07. The van der Waals surface area contributed by atoms with Crippen molar-refractivity contribution in [3.05, 3.63) is 66.7 Å². The van der Waals surface area contributed by atoms with Gasteiger partial charge in [-0.2, -0.15) is 0 Å². The first kappa shape index (κ1) is 28.4. The Kier molecular flexibility index (Phi) is 7.47. The van der Waals surface area contributed by atoms with E-state index in [2.05, 4.69) is 37.9 Å². The minimum atomic E-state index is -0.198. The van der Waals surface area contributed by atoms with Crippen LogP contribution in [0.2, 0.25) is 0 Å². The molecule has 2 fully saturated rings. The normalized spacial score (nSPS) is 19.9. The summed E-state index contributed by atoms with van der Waals surface area (Å²) in [5.74, 6) is 0.830. The van der Waals surface area contributed by atoms with Gasteiger partial charge in [0.15, 0.2) is 0 Å². The summed E-state index contributed by atoms with van der Waals surface area (Å²) >= 11 is 0. The number of nitrogens with two attached hydrogens (primary N) is 1. The van der Waals surface area contributed by atoms with Crippen molar-refractivity contribution in [3.8, 4) is 16.9 Å². The van der Waals surface area contributed by atoms with E-state index >= 15 is 0 Å². The summed E-state index contributed by atoms with van der Waals surface area (Å²) in [4.78, 5) is 27.5. The molecule has 44 heavy (non-hydrogen) atoms. The number of hydrogen-bond donors (Lipinski definition) is 2. The molecule has 1 saturated heterocycles. The number of nitrogen functional groups attached to an aromatic ring is 1. The molecular formula is C34H40N8O2. The molecule has 7 rings (SSSR count). The number of aromatic nitrogens is 4. The van der Waals surface area contributed by atoms with E-state index in [0.717, 1.165) is 72.1 Å². The summed E-state index contributed by atoms with van der Waals surface area (Å²) in [5.41, 5.74) is 11.4. The van der Waals surface area contributed by atoms with E-state index in [1.54, 1.807) is 13.4 Å². The fraction of sp³-hybridized carbons (Fsp3) is 0.382. The van der Waals surface area contributed by atoms with E-state index < -0.39 is 0 Å². The van der Waals surface area contributed by atoms with Crippen LogP contribution in [0.4, 0.5) is 11.5 Å². The van der Waals surface area contributed by atoms with E-state index in [1.807, 2.05) is 60.1 Å². The minimum absolute atomic E-state index is 0.198. The van der Waals surface area contributed by atoms with Crippen LogP contribution in [-0.4, -0.2) is 81.2 Å². The average Bonchev–Trinajstić information content (AvgIpc) is 3.61. The maximum Gasteiger partial charge on any atom is 0.272 e. The lowest BCUT2D eigenvalue weighted by molar-refractivity contribution is 0.0828. The fourth-order valence-corrected chi connectivity index (χ4v) is 7.15. The number of piperazine rings is 1. The van der Waals surface area contributed by atoms with Gasteiger partial charge < -0.3 is 29.8 Å². The van der Waals surface area contributed by atoms with Gasteiger partial charge in [-0.25, -0.2) is 9.97 Å². The molecule has 1 amide bonds. The maximum atomic E-state index is 13.3. The number of methoxy groups -OCH3 is 1. The van der Waals surface area contributed by atoms with Gasteiger partial charge in [0.25, 0.3) is 5.91 Å². The van der Waals surface area contributed by atoms with Crippen molar-refractivity contribution in [3.63, 3.8) is 0 Å². The Labute approximate surface area is 257 Å². The number of amides is 1. The van der Waals surface area contributed by atoms with Gasteiger partial charge in [-0.05, 0) is 62.6 Å². The van der Waals surface area contributed by atoms with Gasteiger partial charge in [-0.15, -0.1) is 0 Å². The van der Waals surface area contributed by atoms with Crippen molar-refractivity contribution in [1.82, 2.24) is 28.9 Å². The average molecular weight is 593 g/mol. The van der Waals surface area contributed by atoms with Crippen molar-refractivity contribution in [2.24, 2.45) is 7.05 Å². The molecule has 1 saturated carbocycles. The van der Waals surface area contributed by atoms with Gasteiger partial charge in [0, 0.05) is 68.0 Å². The topological polar surface area (TPSA) is 106 Å². The SMILES string of the molecule is COc1cc(-c2cn(C3CCC(N4CCN(C)CC4)CC3)c3ncnc(N)c23)ccc1NC(=O)c1cc2ccccc2n1C. The molecule has 10 nitrogen and oxygen atoms in total. The monoisotopic (exact) mass is 592 g/mol. The molecule has 0 radical (unpaired) electrons. The second-order valence-corrected chi connectivity index (χ2v) is 12.2. The number of likely N-dealkylation sites (N-methyl/N-ethyl adjacent to an activating group) is 1. The molecule has 10 heteroatoms. The summed E-state index contributed by atoms with van der Waals surface area (Å²) in [5, 5.41) is 4.92. The first-order chi connectivity index (χ1) is 21.4. The highest BCUT2D eigenvalue weighted by atomic mass is 16.5. The van der Waals surface area contributed by atoms with Gasteiger partial charge in [0.1, 0.15) is 29.2 Å². The molecule has 0 atom stereocenters. The maximum absolute atomic E-state index is 13.3. The van der Waals surface area contributed by atoms with Crippen LogP contribution in [0.3, 0.4) is 0 Å². The summed E-state index contributed by atoms with van der Waals surface area (Å²) < 4.78 is 9.99. The Bertz CT molecular complexity index is 1830. The summed E-state index contributed by atoms with van der Waals surface area (Å²) in [6.45, 7) is 4.62. The number of hydrogen-bond acceptors (Lipinski definition) is 7. The molecule has 3 aromatic heterocycles. The van der Waals surface area contributed by atoms with Crippen LogP contribution < -0.4 is 15.8 Å². The van der Waals surface area contributed by atoms with E-state index in [9.17, 15) is 4.79 Å². The van der Waals surface area contributed by atoms with Crippen molar-refractivity contribution in [2.75, 3.05) is 51.4 Å². The number of fused-ring (bicyclic) bond motifs is 2. The van der Waals surface area contributed by atoms with Gasteiger partial charge in [-0.1, -0.05) is 24.3 Å². The Morgan fingerprint density at radius 1 is 0.955 bits per heavy atom. The number of carbonyl (C=O) groups excluding carboxylic acids is 1. The van der Waals surface area contributed by atoms with Crippen molar-refractivity contribution in [2.45, 2.75) is 37.8 Å². The zero-order chi connectivity index (χ0) is 30.4. The predicted molar refractivity (Wildman–Crippen MR) is 175 cm³/mol. The van der Waals surface area contributed by atoms with Crippen molar-refractivity contribution in [1.29, 1.82) is 0 Å². The highest BCUT2D eigenvalue weighted by Gasteiger charge is 2.30. The molecule has 2 aromatic carbocycles. The molecule has 0 unspecified atom stereocenters. The molecule has 2 aliphatic rings. The van der Waals surface area contributed by atoms with Gasteiger partial charge >= 0.3 is 0 Å². The van der Waals surface area contributed by atoms with Crippen LogP contribution in [0.1, 0.15) is 42.2 Å². The third kappa shape index (κ3) is 5.07. The summed E-state index contributed by atoms with van der Waals surface area (Å²) in [6.07, 6.45) is 8.31. The Hall–Kier alpha value is -4.41. The van der Waals surface area contributed by atoms with E-state index in [-0.39, 0.29) is 5.91 Å². The molecule has 0 spiro atoms. The van der Waals surface area contributed by atoms with Gasteiger partial charge in [0.05, 0.1) is 18.2 Å². The van der Waals surface area contributed by atoms with Crippen LogP contribution in [0.15, 0.2) is 61.1 Å². The number of anilines is 2. The number of aryl methyl sites for hydroxylation is 1. The quantitative estimate of drug-likeness (QED) is 0.280. The zero-order valence-corrected chi connectivity index (χ0v) is 25.7. The van der Waals surface area contributed by atoms with Crippen molar-refractivity contribution < 1.29 is 9.53 Å². The number of ether oxygens (including phenoxy) is 1. The molecule has 4 heterocycles. The van der Waals surface area contributed by atoms with Crippen LogP contribution in [-0.2, 0) is 7.05 Å². The second kappa shape index (κ2) is 11.6. The van der Waals surface area contributed by atoms with Crippen LogP contribution in [0.5, 0.6) is 5.75 Å². The summed E-state index contributed by atoms with van der Waals surface area (Å²) in [7, 11) is 5.73. The van der Waals surface area contributed by atoms with E-state index in [0.29, 0.717) is 35.0 Å². The zero-order valence-electron chi connectivity index (χ0n) is 25.7. The van der Waals surface area contributed by atoms with Gasteiger partial charge in [-0.3, -0.25) is 9.69 Å². The third-order valence-corrected chi connectivity index (χ3v) is 9.70. The first-order valence-corrected chi connectivity index (χ1v) is 15.5. The summed E-state index contributed by atoms with van der Waals surface area (Å²) in [6, 6.07) is 16.7. The third-order valence-electron chi connectivity index (χ3n) is 9.70. The van der Waals surface area contributed by atoms with Crippen molar-refractivity contribution >= 4 is 39.3 Å². The second-order valence-electron chi connectivity index (χ2n) is 12.2. The lowest BCUT2D eigenvalue weighted by Gasteiger charge is -2.41. The molecule has 1 aliphatic heterocycles. The van der Waals surface area contributed by atoms with Crippen LogP contribution in [0.25, 0.3) is 33.1 Å². The van der Waals surface area contributed by atoms with Crippen LogP contribution >= 0.6 is 0 Å². The lowest BCUT2D eigenvalue weighted by atomic mass is 9.89. The molecule has 228 valence electrons. The van der Waals surface area contributed by atoms with E-state index in [1.165, 1.54) is 12.8 Å². The number of carbonyl (C=O) groups is 1. The highest BCUT2D eigenvalue weighted by Crippen LogP contribution is 2.41. The molecular weight excluding hydrogens is 552 g/mol. The number of benzene rings is 2. The Morgan fingerprint density at radius 2 is 1.70 bits per heavy atom. The van der Waals surface area contributed by atoms with Gasteiger partial charge in [0.2, 0.25) is 0 Å².